The molecular weight excluding hydrogens is 186 g/mol. The molecule has 0 radical (unpaired) electrons. The van der Waals surface area contributed by atoms with Crippen molar-refractivity contribution in [2.45, 2.75) is 6.54 Å². The van der Waals surface area contributed by atoms with Crippen LogP contribution in [0.4, 0.5) is 10.6 Å². The minimum absolute atomic E-state index is 0.174. The summed E-state index contributed by atoms with van der Waals surface area (Å²) in [4.78, 5) is 16.6. The van der Waals surface area contributed by atoms with Crippen LogP contribution in [-0.4, -0.2) is 16.2 Å². The van der Waals surface area contributed by atoms with E-state index in [-0.39, 0.29) is 12.4 Å². The highest BCUT2D eigenvalue weighted by Crippen LogP contribution is 2.07. The molecule has 7 heteroatoms. The van der Waals surface area contributed by atoms with Crippen LogP contribution in [0.1, 0.15) is 5.56 Å². The molecule has 1 amide bonds. The topological polar surface area (TPSA) is 111 Å². The number of hydrogen-bond donors (Lipinski definition) is 2. The number of rotatable bonds is 3. The van der Waals surface area contributed by atoms with Crippen LogP contribution in [-0.2, 0) is 6.54 Å². The molecule has 0 aromatic carbocycles. The Balaban J connectivity index is 2.78. The second kappa shape index (κ2) is 4.68. The minimum Gasteiger partial charge on any atom is -0.465 e. The van der Waals surface area contributed by atoms with Crippen molar-refractivity contribution in [2.24, 2.45) is 5.11 Å². The van der Waals surface area contributed by atoms with Crippen molar-refractivity contribution in [1.29, 1.82) is 0 Å². The van der Waals surface area contributed by atoms with Gasteiger partial charge >= 0.3 is 6.09 Å². The molecule has 0 fully saturated rings. The van der Waals surface area contributed by atoms with E-state index in [1.54, 1.807) is 6.07 Å². The van der Waals surface area contributed by atoms with Crippen LogP contribution in [0.3, 0.4) is 0 Å². The van der Waals surface area contributed by atoms with Gasteiger partial charge in [-0.2, -0.15) is 0 Å². The highest BCUT2D eigenvalue weighted by molar-refractivity contribution is 5.81. The van der Waals surface area contributed by atoms with Gasteiger partial charge in [0.25, 0.3) is 0 Å². The third-order valence-electron chi connectivity index (χ3n) is 1.38. The van der Waals surface area contributed by atoms with Crippen LogP contribution >= 0.6 is 0 Å². The van der Waals surface area contributed by atoms with E-state index in [9.17, 15) is 4.79 Å². The molecule has 0 saturated heterocycles. The van der Waals surface area contributed by atoms with Gasteiger partial charge in [0.1, 0.15) is 5.82 Å². The molecule has 14 heavy (non-hydrogen) atoms. The predicted octanol–water partition coefficient (Wildman–Crippen LogP) is 1.98. The molecule has 0 atom stereocenters. The Hall–Kier alpha value is -2.27. The molecule has 1 rings (SSSR count). The molecule has 0 aliphatic rings. The highest BCUT2D eigenvalue weighted by Gasteiger charge is 1.99. The van der Waals surface area contributed by atoms with Gasteiger partial charge in [-0.1, -0.05) is 5.11 Å². The van der Waals surface area contributed by atoms with Crippen molar-refractivity contribution in [3.05, 3.63) is 34.3 Å². The first-order chi connectivity index (χ1) is 6.72. The molecule has 72 valence electrons. The predicted molar refractivity (Wildman–Crippen MR) is 48.7 cm³/mol. The summed E-state index contributed by atoms with van der Waals surface area (Å²) in [5.41, 5.74) is 8.77. The summed E-state index contributed by atoms with van der Waals surface area (Å²) in [6.07, 6.45) is 0.256. The Labute approximate surface area is 79.0 Å². The van der Waals surface area contributed by atoms with Crippen LogP contribution in [0.5, 0.6) is 0 Å². The van der Waals surface area contributed by atoms with Crippen LogP contribution in [0, 0.1) is 0 Å². The summed E-state index contributed by atoms with van der Waals surface area (Å²) in [7, 11) is 0. The summed E-state index contributed by atoms with van der Waals surface area (Å²) in [5, 5.41) is 13.8. The molecule has 0 aliphatic carbocycles. The summed E-state index contributed by atoms with van der Waals surface area (Å²) < 4.78 is 0. The summed E-state index contributed by atoms with van der Waals surface area (Å²) in [6, 6.07) is 3.14. The van der Waals surface area contributed by atoms with Crippen LogP contribution < -0.4 is 5.32 Å². The Morgan fingerprint density at radius 1 is 1.79 bits per heavy atom. The molecule has 0 aliphatic heterocycles. The van der Waals surface area contributed by atoms with Crippen molar-refractivity contribution in [3.63, 3.8) is 0 Å². The van der Waals surface area contributed by atoms with E-state index in [0.717, 1.165) is 0 Å². The molecule has 7 nitrogen and oxygen atoms in total. The summed E-state index contributed by atoms with van der Waals surface area (Å²) >= 11 is 0. The fraction of sp³-hybridized carbons (Fsp3) is 0.143. The maximum absolute atomic E-state index is 10.3. The minimum atomic E-state index is -1.18. The van der Waals surface area contributed by atoms with Crippen LogP contribution in [0.15, 0.2) is 23.4 Å². The van der Waals surface area contributed by atoms with Gasteiger partial charge in [-0.3, -0.25) is 5.32 Å². The average molecular weight is 193 g/mol. The second-order valence-corrected chi connectivity index (χ2v) is 2.37. The smallest absolute Gasteiger partial charge is 0.410 e. The molecule has 0 unspecified atom stereocenters. The van der Waals surface area contributed by atoms with E-state index in [4.69, 9.17) is 10.6 Å². The maximum atomic E-state index is 10.3. The number of anilines is 1. The Kier molecular flexibility index (Phi) is 3.28. The second-order valence-electron chi connectivity index (χ2n) is 2.37. The maximum Gasteiger partial charge on any atom is 0.410 e. The number of pyridine rings is 1. The lowest BCUT2D eigenvalue weighted by Gasteiger charge is -2.00. The van der Waals surface area contributed by atoms with Gasteiger partial charge < -0.3 is 5.11 Å². The molecule has 0 spiro atoms. The van der Waals surface area contributed by atoms with Gasteiger partial charge in [0.15, 0.2) is 0 Å². The monoisotopic (exact) mass is 193 g/mol. The zero-order valence-corrected chi connectivity index (χ0v) is 7.08. The lowest BCUT2D eigenvalue weighted by Crippen LogP contribution is -2.08. The molecule has 1 aromatic heterocycles. The number of carbonyl (C=O) groups is 1. The quantitative estimate of drug-likeness (QED) is 0.434. The first-order valence-corrected chi connectivity index (χ1v) is 3.68. The van der Waals surface area contributed by atoms with Crippen molar-refractivity contribution in [3.8, 4) is 0 Å². The SMILES string of the molecule is [N-]=[N+]=NCc1ccnc(NC(=O)O)c1. The summed E-state index contributed by atoms with van der Waals surface area (Å²) in [6.45, 7) is 0.174. The zero-order chi connectivity index (χ0) is 10.4. The first-order valence-electron chi connectivity index (χ1n) is 3.68. The fourth-order valence-electron chi connectivity index (χ4n) is 0.864. The molecule has 1 aromatic rings. The standard InChI is InChI=1S/C7H7N5O2/c8-12-10-4-5-1-2-9-6(3-5)11-7(13)14/h1-3H,4H2,(H,9,11)(H,13,14). The Morgan fingerprint density at radius 3 is 3.21 bits per heavy atom. The molecule has 1 heterocycles. The number of amides is 1. The van der Waals surface area contributed by atoms with E-state index in [0.29, 0.717) is 5.56 Å². The average Bonchev–Trinajstić information content (AvgIpc) is 2.14. The van der Waals surface area contributed by atoms with Gasteiger partial charge in [0, 0.05) is 11.1 Å². The van der Waals surface area contributed by atoms with Crippen LogP contribution in [0.2, 0.25) is 0 Å². The third-order valence-corrected chi connectivity index (χ3v) is 1.38. The highest BCUT2D eigenvalue weighted by atomic mass is 16.4. The molecule has 0 saturated carbocycles. The largest absolute Gasteiger partial charge is 0.465 e. The van der Waals surface area contributed by atoms with Crippen molar-refractivity contribution >= 4 is 11.9 Å². The number of aromatic nitrogens is 1. The first kappa shape index (κ1) is 9.82. The van der Waals surface area contributed by atoms with E-state index in [1.807, 2.05) is 0 Å². The Morgan fingerprint density at radius 2 is 2.57 bits per heavy atom. The molecule has 0 bridgehead atoms. The van der Waals surface area contributed by atoms with Crippen molar-refractivity contribution in [2.75, 3.05) is 5.32 Å². The summed E-state index contributed by atoms with van der Waals surface area (Å²) in [5.74, 6) is 0.211. The number of nitrogens with one attached hydrogen (secondary N) is 1. The Bertz CT molecular complexity index is 366. The van der Waals surface area contributed by atoms with Gasteiger partial charge in [-0.05, 0) is 23.2 Å². The van der Waals surface area contributed by atoms with Gasteiger partial charge in [0.05, 0.1) is 6.54 Å². The lowest BCUT2D eigenvalue weighted by atomic mass is 10.2. The number of nitrogens with zero attached hydrogens (tertiary/aromatic N) is 4. The normalized spacial score (nSPS) is 8.86. The molecular formula is C7H7N5O2. The number of azide groups is 1. The third kappa shape index (κ3) is 3.00. The zero-order valence-electron chi connectivity index (χ0n) is 7.08. The van der Waals surface area contributed by atoms with Crippen molar-refractivity contribution in [1.82, 2.24) is 4.98 Å². The van der Waals surface area contributed by atoms with Crippen molar-refractivity contribution < 1.29 is 9.90 Å². The van der Waals surface area contributed by atoms with Crippen LogP contribution in [0.25, 0.3) is 10.4 Å². The van der Waals surface area contributed by atoms with E-state index in [2.05, 4.69) is 20.3 Å². The van der Waals surface area contributed by atoms with E-state index < -0.39 is 6.09 Å². The van der Waals surface area contributed by atoms with E-state index >= 15 is 0 Å². The van der Waals surface area contributed by atoms with E-state index in [1.165, 1.54) is 12.3 Å². The molecule has 2 N–H and O–H groups in total. The van der Waals surface area contributed by atoms with Gasteiger partial charge in [0.2, 0.25) is 0 Å². The fourth-order valence-corrected chi connectivity index (χ4v) is 0.864. The lowest BCUT2D eigenvalue weighted by molar-refractivity contribution is 0.209. The number of hydrogen-bond acceptors (Lipinski definition) is 3. The van der Waals surface area contributed by atoms with Gasteiger partial charge in [-0.25, -0.2) is 9.78 Å². The van der Waals surface area contributed by atoms with Gasteiger partial charge in [-0.15, -0.1) is 0 Å². The number of carboxylic acid groups (broad SMARTS) is 1.